The van der Waals surface area contributed by atoms with E-state index in [0.717, 1.165) is 38.0 Å². The van der Waals surface area contributed by atoms with Gasteiger partial charge < -0.3 is 10.2 Å². The summed E-state index contributed by atoms with van der Waals surface area (Å²) in [6.07, 6.45) is 4.52. The zero-order valence-electron chi connectivity index (χ0n) is 12.2. The highest BCUT2D eigenvalue weighted by Gasteiger charge is 2.26. The lowest BCUT2D eigenvalue weighted by atomic mass is 9.94. The fraction of sp³-hybridized carbons (Fsp3) is 0.667. The summed E-state index contributed by atoms with van der Waals surface area (Å²) in [5.41, 5.74) is 1.54. The van der Waals surface area contributed by atoms with E-state index < -0.39 is 0 Å². The maximum atomic E-state index is 12.1. The number of rotatable bonds is 3. The molecule has 1 aliphatic heterocycles. The average molecular weight is 274 g/mol. The van der Waals surface area contributed by atoms with Gasteiger partial charge in [0.25, 0.3) is 5.91 Å². The number of hydrogen-bond acceptors (Lipinski definition) is 4. The Morgan fingerprint density at radius 2 is 2.15 bits per heavy atom. The first-order valence-corrected chi connectivity index (χ1v) is 7.47. The van der Waals surface area contributed by atoms with Crippen molar-refractivity contribution >= 4 is 5.91 Å². The summed E-state index contributed by atoms with van der Waals surface area (Å²) in [5, 5.41) is 3.00. The number of likely N-dealkylation sites (tertiary alicyclic amines) is 1. The number of hydrogen-bond donors (Lipinski definition) is 1. The minimum absolute atomic E-state index is 0.0524. The van der Waals surface area contributed by atoms with Crippen molar-refractivity contribution in [1.29, 1.82) is 0 Å². The van der Waals surface area contributed by atoms with Crippen molar-refractivity contribution in [3.8, 4) is 0 Å². The Hall–Kier alpha value is -1.49. The molecule has 5 nitrogen and oxygen atoms in total. The van der Waals surface area contributed by atoms with Crippen LogP contribution in [0, 0.1) is 6.92 Å². The van der Waals surface area contributed by atoms with Crippen LogP contribution in [-0.4, -0.2) is 47.0 Å². The third-order valence-corrected chi connectivity index (χ3v) is 4.05. The van der Waals surface area contributed by atoms with Crippen molar-refractivity contribution in [2.45, 2.75) is 44.6 Å². The summed E-state index contributed by atoms with van der Waals surface area (Å²) >= 11 is 0. The lowest BCUT2D eigenvalue weighted by Crippen LogP contribution is -2.32. The molecule has 1 aliphatic carbocycles. The van der Waals surface area contributed by atoms with E-state index in [1.807, 2.05) is 13.0 Å². The number of nitrogens with one attached hydrogen (secondary N) is 1. The highest BCUT2D eigenvalue weighted by Crippen LogP contribution is 2.25. The fourth-order valence-electron chi connectivity index (χ4n) is 2.81. The Balaban J connectivity index is 1.79. The summed E-state index contributed by atoms with van der Waals surface area (Å²) in [6.45, 7) is 4.03. The summed E-state index contributed by atoms with van der Waals surface area (Å²) in [4.78, 5) is 23.3. The number of aryl methyl sites for hydroxylation is 1. The topological polar surface area (TPSA) is 58.1 Å². The molecule has 5 heteroatoms. The minimum atomic E-state index is -0.0524. The summed E-state index contributed by atoms with van der Waals surface area (Å²) in [6, 6.07) is 2.25. The van der Waals surface area contributed by atoms with Gasteiger partial charge in [-0.3, -0.25) is 4.79 Å². The maximum Gasteiger partial charge on any atom is 0.270 e. The van der Waals surface area contributed by atoms with Crippen molar-refractivity contribution in [2.75, 3.05) is 20.1 Å². The smallest absolute Gasteiger partial charge is 0.270 e. The molecule has 108 valence electrons. The second kappa shape index (κ2) is 5.48. The van der Waals surface area contributed by atoms with E-state index in [2.05, 4.69) is 27.2 Å². The van der Waals surface area contributed by atoms with Gasteiger partial charge in [-0.15, -0.1) is 0 Å². The van der Waals surface area contributed by atoms with E-state index in [1.54, 1.807) is 0 Å². The predicted molar refractivity (Wildman–Crippen MR) is 76.7 cm³/mol. The van der Waals surface area contributed by atoms with E-state index in [1.165, 1.54) is 6.42 Å². The van der Waals surface area contributed by atoms with Gasteiger partial charge in [0.2, 0.25) is 0 Å². The number of aromatic nitrogens is 2. The number of nitrogens with zero attached hydrogens (tertiary/aromatic N) is 3. The maximum absolute atomic E-state index is 12.1. The summed E-state index contributed by atoms with van der Waals surface area (Å²) in [7, 11) is 2.14. The summed E-state index contributed by atoms with van der Waals surface area (Å²) in [5.74, 6) is 1.06. The van der Waals surface area contributed by atoms with Crippen molar-refractivity contribution in [2.24, 2.45) is 0 Å². The number of likely N-dealkylation sites (N-methyl/N-ethyl adjacent to an activating group) is 1. The van der Waals surface area contributed by atoms with Crippen LogP contribution in [0.5, 0.6) is 0 Å². The van der Waals surface area contributed by atoms with E-state index in [4.69, 9.17) is 0 Å². The van der Waals surface area contributed by atoms with Crippen molar-refractivity contribution in [3.63, 3.8) is 0 Å². The molecule has 1 N–H and O–H groups in total. The molecule has 2 heterocycles. The van der Waals surface area contributed by atoms with Crippen LogP contribution in [0.1, 0.15) is 53.6 Å². The van der Waals surface area contributed by atoms with Crippen molar-refractivity contribution in [3.05, 3.63) is 23.3 Å². The number of amides is 1. The molecular weight excluding hydrogens is 252 g/mol. The molecule has 2 aliphatic rings. The molecular formula is C15H22N4O. The molecule has 0 aromatic carbocycles. The molecule has 3 rings (SSSR count). The molecule has 0 unspecified atom stereocenters. The van der Waals surface area contributed by atoms with Crippen LogP contribution in [-0.2, 0) is 0 Å². The first kappa shape index (κ1) is 13.5. The Labute approximate surface area is 119 Å². The molecule has 1 aromatic heterocycles. The van der Waals surface area contributed by atoms with E-state index >= 15 is 0 Å². The van der Waals surface area contributed by atoms with Gasteiger partial charge in [0.15, 0.2) is 0 Å². The second-order valence-corrected chi connectivity index (χ2v) is 6.07. The van der Waals surface area contributed by atoms with Gasteiger partial charge in [0, 0.05) is 24.2 Å². The van der Waals surface area contributed by atoms with Gasteiger partial charge in [-0.1, -0.05) is 0 Å². The zero-order valence-corrected chi connectivity index (χ0v) is 12.2. The predicted octanol–water partition coefficient (Wildman–Crippen LogP) is 1.49. The molecule has 1 saturated carbocycles. The standard InChI is InChI=1S/C15H22N4O/c1-10-16-13(11-4-3-7-19(2)9-11)8-14(17-10)15(20)18-12-5-6-12/h8,11-12H,3-7,9H2,1-2H3,(H,18,20)/t11-/m1/s1. The van der Waals surface area contributed by atoms with Crippen LogP contribution >= 0.6 is 0 Å². The quantitative estimate of drug-likeness (QED) is 0.907. The highest BCUT2D eigenvalue weighted by molar-refractivity contribution is 5.92. The molecule has 1 saturated heterocycles. The largest absolute Gasteiger partial charge is 0.348 e. The van der Waals surface area contributed by atoms with Crippen molar-refractivity contribution < 1.29 is 4.79 Å². The van der Waals surface area contributed by atoms with Gasteiger partial charge in [0.05, 0.1) is 0 Å². The monoisotopic (exact) mass is 274 g/mol. The molecule has 2 fully saturated rings. The fourth-order valence-corrected chi connectivity index (χ4v) is 2.81. The molecule has 20 heavy (non-hydrogen) atoms. The van der Waals surface area contributed by atoms with Gasteiger partial charge in [0.1, 0.15) is 11.5 Å². The average Bonchev–Trinajstić information content (AvgIpc) is 3.22. The molecule has 0 radical (unpaired) electrons. The van der Waals surface area contributed by atoms with Crippen LogP contribution in [0.4, 0.5) is 0 Å². The van der Waals surface area contributed by atoms with Crippen LogP contribution in [0.25, 0.3) is 0 Å². The van der Waals surface area contributed by atoms with Gasteiger partial charge in [-0.25, -0.2) is 9.97 Å². The van der Waals surface area contributed by atoms with Gasteiger partial charge >= 0.3 is 0 Å². The van der Waals surface area contributed by atoms with Crippen molar-refractivity contribution in [1.82, 2.24) is 20.2 Å². The van der Waals surface area contributed by atoms with Crippen LogP contribution in [0.2, 0.25) is 0 Å². The Morgan fingerprint density at radius 3 is 2.85 bits per heavy atom. The minimum Gasteiger partial charge on any atom is -0.348 e. The van der Waals surface area contributed by atoms with E-state index in [0.29, 0.717) is 23.5 Å². The Kier molecular flexibility index (Phi) is 3.70. The second-order valence-electron chi connectivity index (χ2n) is 6.07. The normalized spacial score (nSPS) is 23.6. The molecule has 0 spiro atoms. The van der Waals surface area contributed by atoms with E-state index in [-0.39, 0.29) is 5.91 Å². The third-order valence-electron chi connectivity index (χ3n) is 4.05. The highest BCUT2D eigenvalue weighted by atomic mass is 16.2. The lowest BCUT2D eigenvalue weighted by Gasteiger charge is -2.29. The molecule has 1 atom stereocenters. The first-order valence-electron chi connectivity index (χ1n) is 7.47. The number of piperidine rings is 1. The van der Waals surface area contributed by atoms with Gasteiger partial charge in [-0.05, 0) is 52.3 Å². The SMILES string of the molecule is Cc1nc(C(=O)NC2CC2)cc([C@@H]2CCCN(C)C2)n1. The van der Waals surface area contributed by atoms with Gasteiger partial charge in [-0.2, -0.15) is 0 Å². The summed E-state index contributed by atoms with van der Waals surface area (Å²) < 4.78 is 0. The number of carbonyl (C=O) groups excluding carboxylic acids is 1. The lowest BCUT2D eigenvalue weighted by molar-refractivity contribution is 0.0945. The van der Waals surface area contributed by atoms with Crippen LogP contribution in [0.15, 0.2) is 6.07 Å². The van der Waals surface area contributed by atoms with Crippen LogP contribution < -0.4 is 5.32 Å². The first-order chi connectivity index (χ1) is 9.61. The Morgan fingerprint density at radius 1 is 1.35 bits per heavy atom. The van der Waals surface area contributed by atoms with Crippen LogP contribution in [0.3, 0.4) is 0 Å². The molecule has 0 bridgehead atoms. The Bertz CT molecular complexity index is 513. The molecule has 1 aromatic rings. The zero-order chi connectivity index (χ0) is 14.1. The third kappa shape index (κ3) is 3.15. The number of carbonyl (C=O) groups is 1. The molecule has 1 amide bonds. The van der Waals surface area contributed by atoms with E-state index in [9.17, 15) is 4.79 Å².